The molecule has 2 N–H and O–H groups in total. The van der Waals surface area contributed by atoms with Gasteiger partial charge in [0.25, 0.3) is 5.91 Å². The number of carbonyl (C=O) groups is 2. The summed E-state index contributed by atoms with van der Waals surface area (Å²) in [7, 11) is 0. The quantitative estimate of drug-likeness (QED) is 0.296. The van der Waals surface area contributed by atoms with Gasteiger partial charge in [0.1, 0.15) is 17.0 Å². The van der Waals surface area contributed by atoms with E-state index in [0.717, 1.165) is 25.2 Å². The van der Waals surface area contributed by atoms with Crippen LogP contribution < -0.4 is 15.5 Å². The molecule has 0 bridgehead atoms. The monoisotopic (exact) mass is 516 g/mol. The van der Waals surface area contributed by atoms with Crippen LogP contribution >= 0.6 is 23.2 Å². The summed E-state index contributed by atoms with van der Waals surface area (Å²) in [5, 5.41) is 10.6. The third-order valence-electron chi connectivity index (χ3n) is 5.65. The summed E-state index contributed by atoms with van der Waals surface area (Å²) in [4.78, 5) is 26.8. The summed E-state index contributed by atoms with van der Waals surface area (Å²) in [6.07, 6.45) is 1.90. The zero-order valence-electron chi connectivity index (χ0n) is 20.2. The molecule has 0 aliphatic heterocycles. The molecule has 186 valence electrons. The second-order valence-electron chi connectivity index (χ2n) is 8.04. The number of unbranched alkanes of at least 4 members (excludes halogenated alkanes) is 1. The molecule has 0 saturated carbocycles. The number of rotatable bonds is 11. The first-order valence-corrected chi connectivity index (χ1v) is 12.4. The minimum atomic E-state index is -0.357. The minimum absolute atomic E-state index is 0.0765. The Bertz CT molecular complexity index is 1140. The molecular weight excluding hydrogens is 487 g/mol. The fourth-order valence-electron chi connectivity index (χ4n) is 3.84. The Hall–Kier alpha value is -3.03. The second kappa shape index (κ2) is 12.6. The van der Waals surface area contributed by atoms with Gasteiger partial charge >= 0.3 is 0 Å². The van der Waals surface area contributed by atoms with Crippen molar-refractivity contribution in [2.45, 2.75) is 40.0 Å². The number of aromatic nitrogens is 1. The Morgan fingerprint density at radius 3 is 2.26 bits per heavy atom. The molecule has 7 nitrogen and oxygen atoms in total. The van der Waals surface area contributed by atoms with Crippen LogP contribution in [0.25, 0.3) is 11.3 Å². The van der Waals surface area contributed by atoms with Gasteiger partial charge in [-0.2, -0.15) is 0 Å². The van der Waals surface area contributed by atoms with Gasteiger partial charge in [0.2, 0.25) is 5.91 Å². The van der Waals surface area contributed by atoms with Crippen LogP contribution in [0.5, 0.6) is 0 Å². The predicted octanol–water partition coefficient (Wildman–Crippen LogP) is 6.21. The average Bonchev–Trinajstić information content (AvgIpc) is 3.24. The van der Waals surface area contributed by atoms with Crippen LogP contribution in [0.1, 0.15) is 49.7 Å². The third kappa shape index (κ3) is 6.77. The van der Waals surface area contributed by atoms with Crippen molar-refractivity contribution in [3.05, 3.63) is 63.8 Å². The Kier molecular flexibility index (Phi) is 9.57. The fourth-order valence-corrected chi connectivity index (χ4v) is 4.41. The van der Waals surface area contributed by atoms with E-state index in [4.69, 9.17) is 27.7 Å². The van der Waals surface area contributed by atoms with E-state index in [2.05, 4.69) is 34.5 Å². The Balaban J connectivity index is 1.87. The molecule has 0 aliphatic carbocycles. The molecule has 0 unspecified atom stereocenters. The van der Waals surface area contributed by atoms with Crippen LogP contribution in [-0.2, 0) is 11.2 Å². The van der Waals surface area contributed by atoms with Gasteiger partial charge in [0, 0.05) is 49.9 Å². The highest BCUT2D eigenvalue weighted by Crippen LogP contribution is 2.37. The molecule has 9 heteroatoms. The molecular formula is C26H30Cl2N4O3. The molecule has 0 atom stereocenters. The molecule has 35 heavy (non-hydrogen) atoms. The van der Waals surface area contributed by atoms with Crippen LogP contribution in [0.3, 0.4) is 0 Å². The van der Waals surface area contributed by atoms with Crippen molar-refractivity contribution in [2.75, 3.05) is 29.9 Å². The molecule has 1 aromatic heterocycles. The van der Waals surface area contributed by atoms with Gasteiger partial charge in [-0.25, -0.2) is 0 Å². The van der Waals surface area contributed by atoms with Crippen LogP contribution in [0, 0.1) is 0 Å². The maximum Gasteiger partial charge on any atom is 0.261 e. The normalized spacial score (nSPS) is 10.8. The van der Waals surface area contributed by atoms with Gasteiger partial charge < -0.3 is 20.1 Å². The Labute approximate surface area is 215 Å². The summed E-state index contributed by atoms with van der Waals surface area (Å²) in [6, 6.07) is 12.8. The van der Waals surface area contributed by atoms with Crippen LogP contribution in [0.4, 0.5) is 11.4 Å². The van der Waals surface area contributed by atoms with Gasteiger partial charge in [-0.3, -0.25) is 9.59 Å². The summed E-state index contributed by atoms with van der Waals surface area (Å²) >= 11 is 12.8. The minimum Gasteiger partial charge on any atom is -0.372 e. The van der Waals surface area contributed by atoms with Gasteiger partial charge in [-0.05, 0) is 63.1 Å². The molecule has 0 spiro atoms. The second-order valence-corrected chi connectivity index (χ2v) is 8.85. The van der Waals surface area contributed by atoms with Crippen LogP contribution in [0.2, 0.25) is 10.0 Å². The number of anilines is 2. The Morgan fingerprint density at radius 2 is 1.66 bits per heavy atom. The molecule has 0 radical (unpaired) electrons. The van der Waals surface area contributed by atoms with Gasteiger partial charge in [0.05, 0.1) is 10.0 Å². The van der Waals surface area contributed by atoms with E-state index in [1.165, 1.54) is 6.92 Å². The molecule has 3 rings (SSSR count). The fraction of sp³-hybridized carbons (Fsp3) is 0.346. The smallest absolute Gasteiger partial charge is 0.261 e. The number of nitrogens with one attached hydrogen (secondary N) is 2. The highest BCUT2D eigenvalue weighted by Gasteiger charge is 2.26. The highest BCUT2D eigenvalue weighted by atomic mass is 35.5. The first-order valence-electron chi connectivity index (χ1n) is 11.7. The molecule has 2 amide bonds. The number of carbonyl (C=O) groups excluding carboxylic acids is 2. The number of hydrogen-bond donors (Lipinski definition) is 2. The topological polar surface area (TPSA) is 87.5 Å². The van der Waals surface area contributed by atoms with Crippen LogP contribution in [0.15, 0.2) is 47.0 Å². The van der Waals surface area contributed by atoms with Gasteiger partial charge in [-0.15, -0.1) is 0 Å². The van der Waals surface area contributed by atoms with E-state index in [9.17, 15) is 9.59 Å². The summed E-state index contributed by atoms with van der Waals surface area (Å²) in [6.45, 7) is 8.03. The number of benzene rings is 2. The molecule has 0 aliphatic rings. The van der Waals surface area contributed by atoms with E-state index in [-0.39, 0.29) is 11.8 Å². The predicted molar refractivity (Wildman–Crippen MR) is 142 cm³/mol. The lowest BCUT2D eigenvalue weighted by Gasteiger charge is -2.21. The lowest BCUT2D eigenvalue weighted by atomic mass is 10.0. The Morgan fingerprint density at radius 1 is 1.00 bits per heavy atom. The van der Waals surface area contributed by atoms with Crippen molar-refractivity contribution in [1.29, 1.82) is 0 Å². The van der Waals surface area contributed by atoms with Gasteiger partial charge in [-0.1, -0.05) is 34.4 Å². The first kappa shape index (κ1) is 26.6. The van der Waals surface area contributed by atoms with Crippen molar-refractivity contribution in [3.8, 4) is 11.3 Å². The standard InChI is InChI=1S/C26H30Cl2N4O3/c1-4-32(5-2)19-14-12-18(13-15-19)30-26(34)24-22(11-6-7-16-29-17(3)33)35-31-25(24)23-20(27)9-8-10-21(23)28/h8-10,12-15H,4-7,11,16H2,1-3H3,(H,29,33)(H,30,34). The SMILES string of the molecule is CCN(CC)c1ccc(NC(=O)c2c(-c3c(Cl)cccc3Cl)noc2CCCCNC(C)=O)cc1. The third-order valence-corrected chi connectivity index (χ3v) is 6.28. The first-order chi connectivity index (χ1) is 16.8. The van der Waals surface area contributed by atoms with Crippen LogP contribution in [-0.4, -0.2) is 36.6 Å². The zero-order chi connectivity index (χ0) is 25.4. The number of hydrogen-bond acceptors (Lipinski definition) is 5. The summed E-state index contributed by atoms with van der Waals surface area (Å²) < 4.78 is 5.60. The van der Waals surface area contributed by atoms with E-state index < -0.39 is 0 Å². The molecule has 1 heterocycles. The largest absolute Gasteiger partial charge is 0.372 e. The van der Waals surface area contributed by atoms with E-state index in [0.29, 0.717) is 57.7 Å². The maximum atomic E-state index is 13.5. The maximum absolute atomic E-state index is 13.5. The van der Waals surface area contributed by atoms with Crippen molar-refractivity contribution >= 4 is 46.4 Å². The van der Waals surface area contributed by atoms with Crippen molar-refractivity contribution in [1.82, 2.24) is 10.5 Å². The molecule has 0 saturated heterocycles. The van der Waals surface area contributed by atoms with Gasteiger partial charge in [0.15, 0.2) is 0 Å². The van der Waals surface area contributed by atoms with Crippen molar-refractivity contribution < 1.29 is 14.1 Å². The molecule has 0 fully saturated rings. The van der Waals surface area contributed by atoms with E-state index >= 15 is 0 Å². The van der Waals surface area contributed by atoms with E-state index in [1.54, 1.807) is 18.2 Å². The number of amides is 2. The number of halogens is 2. The summed E-state index contributed by atoms with van der Waals surface area (Å²) in [5.74, 6) is 0.00755. The molecule has 3 aromatic rings. The van der Waals surface area contributed by atoms with E-state index in [1.807, 2.05) is 24.3 Å². The van der Waals surface area contributed by atoms with Crippen molar-refractivity contribution in [3.63, 3.8) is 0 Å². The number of aryl methyl sites for hydroxylation is 1. The van der Waals surface area contributed by atoms with Crippen molar-refractivity contribution in [2.24, 2.45) is 0 Å². The average molecular weight is 517 g/mol. The molecule has 2 aromatic carbocycles. The summed E-state index contributed by atoms with van der Waals surface area (Å²) in [5.41, 5.74) is 2.79. The number of nitrogens with zero attached hydrogens (tertiary/aromatic N) is 2. The lowest BCUT2D eigenvalue weighted by Crippen LogP contribution is -2.21. The lowest BCUT2D eigenvalue weighted by molar-refractivity contribution is -0.118. The zero-order valence-corrected chi connectivity index (χ0v) is 21.7. The highest BCUT2D eigenvalue weighted by molar-refractivity contribution is 6.39.